The first-order chi connectivity index (χ1) is 11.0. The molecule has 5 nitrogen and oxygen atoms in total. The van der Waals surface area contributed by atoms with Crippen molar-refractivity contribution in [3.8, 4) is 0 Å². The Morgan fingerprint density at radius 1 is 1.17 bits per heavy atom. The molecular formula is C16H20FN3O2S. The number of halogens is 1. The van der Waals surface area contributed by atoms with E-state index in [1.165, 1.54) is 24.3 Å². The summed E-state index contributed by atoms with van der Waals surface area (Å²) in [6.45, 7) is 1.91. The molecule has 124 valence electrons. The van der Waals surface area contributed by atoms with Gasteiger partial charge in [0.25, 0.3) is 0 Å². The smallest absolute Gasteiger partial charge is 0.218 e. The lowest BCUT2D eigenvalue weighted by atomic mass is 9.98. The van der Waals surface area contributed by atoms with Crippen molar-refractivity contribution in [2.24, 2.45) is 5.92 Å². The average Bonchev–Trinajstić information content (AvgIpc) is 3.03. The van der Waals surface area contributed by atoms with Gasteiger partial charge in [0, 0.05) is 32.0 Å². The molecule has 0 N–H and O–H groups in total. The van der Waals surface area contributed by atoms with Gasteiger partial charge in [0.2, 0.25) is 10.0 Å². The van der Waals surface area contributed by atoms with E-state index in [0.29, 0.717) is 24.6 Å². The number of hydrogen-bond donors (Lipinski definition) is 0. The van der Waals surface area contributed by atoms with Crippen LogP contribution < -0.4 is 0 Å². The number of rotatable bonds is 5. The molecule has 0 unspecified atom stereocenters. The van der Waals surface area contributed by atoms with E-state index in [-0.39, 0.29) is 11.6 Å². The molecule has 1 fully saturated rings. The van der Waals surface area contributed by atoms with Crippen molar-refractivity contribution in [1.82, 2.24) is 14.1 Å². The largest absolute Gasteiger partial charge is 0.272 e. The predicted octanol–water partition coefficient (Wildman–Crippen LogP) is 2.26. The van der Waals surface area contributed by atoms with Gasteiger partial charge in [0.15, 0.2) is 0 Å². The van der Waals surface area contributed by atoms with Gasteiger partial charge in [-0.1, -0.05) is 12.1 Å². The third-order valence-electron chi connectivity index (χ3n) is 4.23. The predicted molar refractivity (Wildman–Crippen MR) is 85.5 cm³/mol. The zero-order chi connectivity index (χ0) is 16.3. The van der Waals surface area contributed by atoms with Crippen molar-refractivity contribution in [1.29, 1.82) is 0 Å². The molecule has 3 rings (SSSR count). The molecular weight excluding hydrogens is 317 g/mol. The quantitative estimate of drug-likeness (QED) is 0.841. The summed E-state index contributed by atoms with van der Waals surface area (Å²) in [5, 5.41) is 4.20. The summed E-state index contributed by atoms with van der Waals surface area (Å²) >= 11 is 0. The third-order valence-corrected chi connectivity index (χ3v) is 6.08. The van der Waals surface area contributed by atoms with Gasteiger partial charge < -0.3 is 0 Å². The van der Waals surface area contributed by atoms with Crippen molar-refractivity contribution in [2.45, 2.75) is 25.1 Å². The molecule has 0 aliphatic carbocycles. The lowest BCUT2D eigenvalue weighted by molar-refractivity contribution is 0.247. The van der Waals surface area contributed by atoms with Crippen LogP contribution in [0.5, 0.6) is 0 Å². The van der Waals surface area contributed by atoms with E-state index in [1.807, 2.05) is 16.9 Å². The van der Waals surface area contributed by atoms with Crippen LogP contribution in [-0.2, 0) is 22.3 Å². The highest BCUT2D eigenvalue weighted by Gasteiger charge is 2.28. The Labute approximate surface area is 135 Å². The fourth-order valence-electron chi connectivity index (χ4n) is 2.93. The Morgan fingerprint density at radius 3 is 2.48 bits per heavy atom. The zero-order valence-electron chi connectivity index (χ0n) is 12.8. The van der Waals surface area contributed by atoms with Gasteiger partial charge in [-0.05, 0) is 42.5 Å². The second-order valence-electron chi connectivity index (χ2n) is 5.95. The topological polar surface area (TPSA) is 55.2 Å². The number of piperidine rings is 1. The minimum Gasteiger partial charge on any atom is -0.272 e. The van der Waals surface area contributed by atoms with E-state index < -0.39 is 10.0 Å². The normalized spacial score (nSPS) is 17.4. The summed E-state index contributed by atoms with van der Waals surface area (Å²) in [5.41, 5.74) is 0.616. The summed E-state index contributed by atoms with van der Waals surface area (Å²) in [5.74, 6) is 0.0228. The molecule has 2 heterocycles. The molecule has 0 atom stereocenters. The Balaban J connectivity index is 1.56. The number of aromatic nitrogens is 2. The van der Waals surface area contributed by atoms with Gasteiger partial charge in [0.05, 0.1) is 5.75 Å². The first-order valence-electron chi connectivity index (χ1n) is 7.72. The minimum absolute atomic E-state index is 0.0723. The lowest BCUT2D eigenvalue weighted by Gasteiger charge is -2.31. The highest BCUT2D eigenvalue weighted by molar-refractivity contribution is 7.88. The molecule has 2 aromatic rings. The Morgan fingerprint density at radius 2 is 1.87 bits per heavy atom. The number of nitrogens with zero attached hydrogens (tertiary/aromatic N) is 3. The molecule has 0 saturated carbocycles. The zero-order valence-corrected chi connectivity index (χ0v) is 13.6. The van der Waals surface area contributed by atoms with E-state index in [9.17, 15) is 12.8 Å². The maximum absolute atomic E-state index is 12.9. The molecule has 1 aliphatic heterocycles. The number of hydrogen-bond acceptors (Lipinski definition) is 3. The Bertz CT molecular complexity index is 721. The molecule has 0 bridgehead atoms. The van der Waals surface area contributed by atoms with Crippen LogP contribution in [0.25, 0.3) is 0 Å². The van der Waals surface area contributed by atoms with E-state index in [4.69, 9.17) is 0 Å². The van der Waals surface area contributed by atoms with Crippen LogP contribution in [0.2, 0.25) is 0 Å². The first-order valence-corrected chi connectivity index (χ1v) is 9.33. The summed E-state index contributed by atoms with van der Waals surface area (Å²) in [6, 6.07) is 7.53. The van der Waals surface area contributed by atoms with Crippen LogP contribution in [0.4, 0.5) is 4.39 Å². The second-order valence-corrected chi connectivity index (χ2v) is 7.92. The fourth-order valence-corrected chi connectivity index (χ4v) is 4.49. The number of sulfonamides is 1. The lowest BCUT2D eigenvalue weighted by Crippen LogP contribution is -2.39. The minimum atomic E-state index is -3.35. The molecule has 1 aromatic carbocycles. The molecule has 1 aromatic heterocycles. The molecule has 1 aliphatic rings. The van der Waals surface area contributed by atoms with Gasteiger partial charge in [-0.25, -0.2) is 17.1 Å². The first kappa shape index (κ1) is 16.1. The summed E-state index contributed by atoms with van der Waals surface area (Å²) in [6.07, 6.45) is 5.35. The summed E-state index contributed by atoms with van der Waals surface area (Å²) in [7, 11) is -3.35. The van der Waals surface area contributed by atoms with E-state index >= 15 is 0 Å². The second kappa shape index (κ2) is 6.80. The van der Waals surface area contributed by atoms with Gasteiger partial charge in [0.1, 0.15) is 5.82 Å². The SMILES string of the molecule is O=S(=O)(Cc1ccc(F)cc1)N1CCC(Cn2cccn2)CC1. The molecule has 0 spiro atoms. The standard InChI is InChI=1S/C16H20FN3O2S/c17-16-4-2-15(3-5-16)13-23(21,22)20-10-6-14(7-11-20)12-19-9-1-8-18-19/h1-5,8-9,14H,6-7,10-13H2. The van der Waals surface area contributed by atoms with Crippen LogP contribution in [-0.4, -0.2) is 35.6 Å². The molecule has 23 heavy (non-hydrogen) atoms. The van der Waals surface area contributed by atoms with Crippen molar-refractivity contribution in [2.75, 3.05) is 13.1 Å². The van der Waals surface area contributed by atoms with Crippen LogP contribution in [0.3, 0.4) is 0 Å². The van der Waals surface area contributed by atoms with Gasteiger partial charge in [-0.3, -0.25) is 4.68 Å². The van der Waals surface area contributed by atoms with Crippen molar-refractivity contribution in [3.63, 3.8) is 0 Å². The maximum Gasteiger partial charge on any atom is 0.218 e. The van der Waals surface area contributed by atoms with Crippen molar-refractivity contribution >= 4 is 10.0 Å². The van der Waals surface area contributed by atoms with Crippen molar-refractivity contribution < 1.29 is 12.8 Å². The van der Waals surface area contributed by atoms with Gasteiger partial charge >= 0.3 is 0 Å². The van der Waals surface area contributed by atoms with Crippen molar-refractivity contribution in [3.05, 3.63) is 54.1 Å². The van der Waals surface area contributed by atoms with Gasteiger partial charge in [-0.2, -0.15) is 5.10 Å². The van der Waals surface area contributed by atoms with Crippen LogP contribution in [0.15, 0.2) is 42.7 Å². The average molecular weight is 337 g/mol. The van der Waals surface area contributed by atoms with E-state index in [2.05, 4.69) is 5.10 Å². The van der Waals surface area contributed by atoms with E-state index in [0.717, 1.165) is 19.4 Å². The summed E-state index contributed by atoms with van der Waals surface area (Å²) in [4.78, 5) is 0. The Kier molecular flexibility index (Phi) is 4.77. The Hall–Kier alpha value is -1.73. The highest BCUT2D eigenvalue weighted by atomic mass is 32.2. The molecule has 1 saturated heterocycles. The van der Waals surface area contributed by atoms with E-state index in [1.54, 1.807) is 10.5 Å². The van der Waals surface area contributed by atoms with Gasteiger partial charge in [-0.15, -0.1) is 0 Å². The number of benzene rings is 1. The fraction of sp³-hybridized carbons (Fsp3) is 0.438. The summed E-state index contributed by atoms with van der Waals surface area (Å²) < 4.78 is 41.3. The van der Waals surface area contributed by atoms with Crippen LogP contribution in [0.1, 0.15) is 18.4 Å². The molecule has 0 amide bonds. The monoisotopic (exact) mass is 337 g/mol. The maximum atomic E-state index is 12.9. The highest BCUT2D eigenvalue weighted by Crippen LogP contribution is 2.22. The molecule has 7 heteroatoms. The third kappa shape index (κ3) is 4.17. The van der Waals surface area contributed by atoms with Crippen LogP contribution in [0, 0.1) is 11.7 Å². The van der Waals surface area contributed by atoms with Crippen LogP contribution >= 0.6 is 0 Å². The molecule has 0 radical (unpaired) electrons.